The first kappa shape index (κ1) is 20.7. The summed E-state index contributed by atoms with van der Waals surface area (Å²) in [7, 11) is 0. The van der Waals surface area contributed by atoms with Crippen LogP contribution in [0.3, 0.4) is 0 Å². The van der Waals surface area contributed by atoms with Gasteiger partial charge in [-0.15, -0.1) is 0 Å². The molecule has 0 saturated carbocycles. The van der Waals surface area contributed by atoms with E-state index in [-0.39, 0.29) is 17.1 Å². The summed E-state index contributed by atoms with van der Waals surface area (Å²) in [5.74, 6) is 0. The zero-order chi connectivity index (χ0) is 11.8. The molecule has 1 radical (unpaired) electrons. The van der Waals surface area contributed by atoms with E-state index >= 15 is 0 Å². The van der Waals surface area contributed by atoms with Crippen LogP contribution in [0, 0.1) is 0 Å². The van der Waals surface area contributed by atoms with Gasteiger partial charge in [0.25, 0.3) is 0 Å². The molecule has 0 aromatic carbocycles. The van der Waals surface area contributed by atoms with Crippen LogP contribution in [0.5, 0.6) is 0 Å². The van der Waals surface area contributed by atoms with Crippen LogP contribution in [0.15, 0.2) is 0 Å². The van der Waals surface area contributed by atoms with Crippen molar-refractivity contribution in [1.29, 1.82) is 0 Å². The Morgan fingerprint density at radius 3 is 1.12 bits per heavy atom. The maximum absolute atomic E-state index is 2.90. The van der Waals surface area contributed by atoms with Crippen molar-refractivity contribution >= 4 is 46.0 Å². The van der Waals surface area contributed by atoms with Crippen LogP contribution in [0.25, 0.3) is 0 Å². The van der Waals surface area contributed by atoms with E-state index in [9.17, 15) is 0 Å². The Bertz CT molecular complexity index is 146. The van der Waals surface area contributed by atoms with E-state index in [1.165, 1.54) is 57.0 Å². The molecule has 0 spiro atoms. The molecule has 0 aliphatic heterocycles. The molecular formula is C12H27I2MnP. The SMILES string of the molecule is CCCCP(I)(I)(CCCC)CCCC.[Mn]. The van der Waals surface area contributed by atoms with Crippen molar-refractivity contribution in [2.24, 2.45) is 0 Å². The van der Waals surface area contributed by atoms with Gasteiger partial charge in [0.2, 0.25) is 0 Å². The summed E-state index contributed by atoms with van der Waals surface area (Å²) in [6.07, 6.45) is 13.0. The van der Waals surface area contributed by atoms with Gasteiger partial charge in [-0.05, 0) is 0 Å². The van der Waals surface area contributed by atoms with Crippen LogP contribution in [0.2, 0.25) is 0 Å². The summed E-state index contributed by atoms with van der Waals surface area (Å²) in [6.45, 7) is 6.97. The Balaban J connectivity index is 0. The average Bonchev–Trinajstić information content (AvgIpc) is 2.22. The number of halogens is 2. The van der Waals surface area contributed by atoms with Gasteiger partial charge in [-0.1, -0.05) is 0 Å². The fraction of sp³-hybridized carbons (Fsp3) is 1.00. The molecule has 0 unspecified atom stereocenters. The third kappa shape index (κ3) is 9.35. The fourth-order valence-corrected chi connectivity index (χ4v) is 11.7. The summed E-state index contributed by atoms with van der Waals surface area (Å²) < 4.78 is -1.34. The molecule has 4 heteroatoms. The van der Waals surface area contributed by atoms with Crippen molar-refractivity contribution in [2.75, 3.05) is 18.5 Å². The predicted octanol–water partition coefficient (Wildman–Crippen LogP) is 6.64. The van der Waals surface area contributed by atoms with Gasteiger partial charge in [0.05, 0.1) is 0 Å². The second kappa shape index (κ2) is 10.2. The van der Waals surface area contributed by atoms with E-state index in [2.05, 4.69) is 64.9 Å². The van der Waals surface area contributed by atoms with Crippen molar-refractivity contribution in [1.82, 2.24) is 0 Å². The molecule has 0 saturated heterocycles. The molecule has 16 heavy (non-hydrogen) atoms. The zero-order valence-electron chi connectivity index (χ0n) is 10.9. The largest absolute Gasteiger partial charge is 0 e. The number of unbranched alkanes of at least 4 members (excludes halogenated alkanes) is 3. The van der Waals surface area contributed by atoms with Crippen molar-refractivity contribution < 1.29 is 17.1 Å². The summed E-state index contributed by atoms with van der Waals surface area (Å²) in [5.41, 5.74) is 0. The van der Waals surface area contributed by atoms with Crippen LogP contribution < -0.4 is 0 Å². The first-order valence-corrected chi connectivity index (χ1v) is 14.8. The smallest absolute Gasteiger partial charge is 0 e. The van der Waals surface area contributed by atoms with Crippen LogP contribution >= 0.6 is 46.0 Å². The quantitative estimate of drug-likeness (QED) is 0.185. The van der Waals surface area contributed by atoms with E-state index < -0.39 is 1.89 Å². The topological polar surface area (TPSA) is 0 Å². The van der Waals surface area contributed by atoms with E-state index in [1.54, 1.807) is 0 Å². The molecule has 0 amide bonds. The van der Waals surface area contributed by atoms with Crippen LogP contribution in [-0.2, 0) is 17.1 Å². The number of hydrogen-bond acceptors (Lipinski definition) is 0. The number of rotatable bonds is 9. The molecule has 0 atom stereocenters. The Hall–Kier alpha value is 2.41. The van der Waals surface area contributed by atoms with Gasteiger partial charge < -0.3 is 0 Å². The zero-order valence-corrected chi connectivity index (χ0v) is 17.3. The summed E-state index contributed by atoms with van der Waals surface area (Å²) in [6, 6.07) is 0. The van der Waals surface area contributed by atoms with E-state index in [1.807, 2.05) is 0 Å². The molecule has 0 fully saturated rings. The second-order valence-corrected chi connectivity index (χ2v) is 29.6. The minimum Gasteiger partial charge on any atom is 0 e. The number of hydrogen-bond donors (Lipinski definition) is 0. The minimum absolute atomic E-state index is 0. The molecule has 0 aromatic heterocycles. The van der Waals surface area contributed by atoms with Crippen molar-refractivity contribution in [2.45, 2.75) is 59.3 Å². The first-order valence-electron chi connectivity index (χ1n) is 6.41. The molecular weight excluding hydrogens is 484 g/mol. The Morgan fingerprint density at radius 1 is 0.688 bits per heavy atom. The van der Waals surface area contributed by atoms with Crippen LogP contribution in [0.1, 0.15) is 59.3 Å². The monoisotopic (exact) mass is 511 g/mol. The van der Waals surface area contributed by atoms with Gasteiger partial charge >= 0.3 is 124 Å². The summed E-state index contributed by atoms with van der Waals surface area (Å²) in [5, 5.41) is 0. The summed E-state index contributed by atoms with van der Waals surface area (Å²) in [4.78, 5) is 0. The molecule has 101 valence electrons. The van der Waals surface area contributed by atoms with Crippen LogP contribution in [-0.4, -0.2) is 18.5 Å². The second-order valence-electron chi connectivity index (χ2n) is 4.68. The summed E-state index contributed by atoms with van der Waals surface area (Å²) >= 11 is 5.79. The molecule has 0 bridgehead atoms. The van der Waals surface area contributed by atoms with Crippen LogP contribution in [0.4, 0.5) is 0 Å². The van der Waals surface area contributed by atoms with Gasteiger partial charge in [0, 0.05) is 17.1 Å². The molecule has 0 aromatic rings. The standard InChI is InChI=1S/C12H27I2P.Mn/c1-4-7-10-15(13,14,11-8-5-2)12-9-6-3;/h4-12H2,1-3H3;. The Morgan fingerprint density at radius 2 is 0.938 bits per heavy atom. The van der Waals surface area contributed by atoms with Gasteiger partial charge in [-0.2, -0.15) is 0 Å². The maximum atomic E-state index is 2.90. The molecule has 0 rings (SSSR count). The van der Waals surface area contributed by atoms with E-state index in [0.29, 0.717) is 0 Å². The van der Waals surface area contributed by atoms with Gasteiger partial charge in [0.15, 0.2) is 0 Å². The Labute approximate surface area is 139 Å². The van der Waals surface area contributed by atoms with Gasteiger partial charge in [0.1, 0.15) is 0 Å². The Kier molecular flexibility index (Phi) is 13.2. The molecule has 0 nitrogen and oxygen atoms in total. The molecule has 0 heterocycles. The van der Waals surface area contributed by atoms with Gasteiger partial charge in [-0.3, -0.25) is 0 Å². The van der Waals surface area contributed by atoms with Crippen molar-refractivity contribution in [3.05, 3.63) is 0 Å². The predicted molar refractivity (Wildman–Crippen MR) is 94.3 cm³/mol. The van der Waals surface area contributed by atoms with Gasteiger partial charge in [-0.25, -0.2) is 0 Å². The average molecular weight is 511 g/mol. The molecule has 0 N–H and O–H groups in total. The van der Waals surface area contributed by atoms with E-state index in [4.69, 9.17) is 0 Å². The molecule has 0 aliphatic rings. The minimum atomic E-state index is -1.34. The molecule has 0 aliphatic carbocycles. The first-order chi connectivity index (χ1) is 6.96. The maximum Gasteiger partial charge on any atom is 0 e. The van der Waals surface area contributed by atoms with Crippen molar-refractivity contribution in [3.63, 3.8) is 0 Å². The fourth-order valence-electron chi connectivity index (χ4n) is 1.84. The van der Waals surface area contributed by atoms with E-state index in [0.717, 1.165) is 0 Å². The third-order valence-corrected chi connectivity index (χ3v) is 15.5. The normalized spacial score (nSPS) is 13.9. The third-order valence-electron chi connectivity index (χ3n) is 2.99. The van der Waals surface area contributed by atoms with Crippen molar-refractivity contribution in [3.8, 4) is 0 Å².